The second-order valence-corrected chi connectivity index (χ2v) is 12.3. The van der Waals surface area contributed by atoms with Crippen molar-refractivity contribution < 1.29 is 25.8 Å². The van der Waals surface area contributed by atoms with Crippen LogP contribution in [0.2, 0.25) is 0 Å². The number of fused-ring (bicyclic) bond motifs is 3. The van der Waals surface area contributed by atoms with Crippen molar-refractivity contribution in [1.82, 2.24) is 19.3 Å². The molecule has 7 aromatic rings. The summed E-state index contributed by atoms with van der Waals surface area (Å²) in [5, 5.41) is 7.28. The molecule has 48 heavy (non-hydrogen) atoms. The summed E-state index contributed by atoms with van der Waals surface area (Å²) in [5.41, 5.74) is 12.5. The Hall–Kier alpha value is -4.67. The molecular weight excluding hydrogens is 774 g/mol. The molecule has 0 radical (unpaired) electrons. The van der Waals surface area contributed by atoms with Crippen LogP contribution >= 0.6 is 0 Å². The third-order valence-electron chi connectivity index (χ3n) is 8.99. The maximum Gasteiger partial charge on any atom is 2.00 e. The molecule has 0 unspecified atom stereocenters. The number of anilines is 1. The Kier molecular flexibility index (Phi) is 9.31. The molecule has 244 valence electrons. The molecule has 6 nitrogen and oxygen atoms in total. The van der Waals surface area contributed by atoms with Crippen molar-refractivity contribution in [3.63, 3.8) is 0 Å². The number of ether oxygens (including phenoxy) is 1. The third-order valence-corrected chi connectivity index (χ3v) is 8.99. The quantitative estimate of drug-likeness (QED) is 0.144. The van der Waals surface area contributed by atoms with Crippen LogP contribution in [0.4, 0.5) is 5.69 Å². The van der Waals surface area contributed by atoms with Crippen molar-refractivity contribution in [3.05, 3.63) is 125 Å². The molecule has 7 rings (SSSR count). The smallest absolute Gasteiger partial charge is 0.509 e. The van der Waals surface area contributed by atoms with E-state index in [9.17, 15) is 0 Å². The molecule has 0 atom stereocenters. The SMILES string of the molecule is CCc1cc(N(C)C)cc(CC)c1-c1c(C)nn(-c2[c-]c(Oc3[c-]c4c(cc3)c3ccccc3n4-c3cc(C)ccn3)ccc2)c1C.[Pt+2]. The molecule has 0 saturated heterocycles. The molecule has 0 saturated carbocycles. The van der Waals surface area contributed by atoms with Gasteiger partial charge in [0.15, 0.2) is 0 Å². The van der Waals surface area contributed by atoms with E-state index >= 15 is 0 Å². The fourth-order valence-corrected chi connectivity index (χ4v) is 6.68. The van der Waals surface area contributed by atoms with E-state index in [2.05, 4.69) is 119 Å². The molecule has 0 aliphatic heterocycles. The van der Waals surface area contributed by atoms with Crippen LogP contribution in [0.25, 0.3) is 44.4 Å². The molecular formula is C41H39N5OPt. The fourth-order valence-electron chi connectivity index (χ4n) is 6.68. The zero-order valence-corrected chi connectivity index (χ0v) is 30.7. The van der Waals surface area contributed by atoms with Crippen molar-refractivity contribution in [1.29, 1.82) is 0 Å². The van der Waals surface area contributed by atoms with Gasteiger partial charge < -0.3 is 14.2 Å². The zero-order chi connectivity index (χ0) is 32.8. The van der Waals surface area contributed by atoms with Gasteiger partial charge in [0.2, 0.25) is 0 Å². The summed E-state index contributed by atoms with van der Waals surface area (Å²) in [5.74, 6) is 2.06. The number of benzene rings is 4. The predicted octanol–water partition coefficient (Wildman–Crippen LogP) is 9.54. The summed E-state index contributed by atoms with van der Waals surface area (Å²) in [4.78, 5) is 6.88. The first-order valence-corrected chi connectivity index (χ1v) is 16.3. The van der Waals surface area contributed by atoms with Gasteiger partial charge in [-0.05, 0) is 97.3 Å². The van der Waals surface area contributed by atoms with E-state index in [4.69, 9.17) is 14.8 Å². The van der Waals surface area contributed by atoms with Gasteiger partial charge >= 0.3 is 21.1 Å². The van der Waals surface area contributed by atoms with Gasteiger partial charge in [-0.3, -0.25) is 4.68 Å². The standard InChI is InChI=1S/C41H39N5O.Pt/c1-8-29-22-32(44(6)7)23-30(9-2)41(29)40-27(4)43-46(28(40)5)31-13-12-14-33(24-31)47-34-17-18-36-35-15-10-11-16-37(35)45(38(36)25-34)39-21-26(3)19-20-42-39;/h10-23H,8-9H2,1-7H3;/q-2;+2. The first-order chi connectivity index (χ1) is 22.8. The number of hydrogen-bond donors (Lipinski definition) is 0. The van der Waals surface area contributed by atoms with Gasteiger partial charge in [-0.1, -0.05) is 37.6 Å². The number of para-hydroxylation sites is 1. The van der Waals surface area contributed by atoms with Gasteiger partial charge in [0.1, 0.15) is 5.82 Å². The molecule has 4 aromatic carbocycles. The van der Waals surface area contributed by atoms with E-state index in [1.54, 1.807) is 0 Å². The van der Waals surface area contributed by atoms with Crippen LogP contribution in [0.1, 0.15) is 41.9 Å². The van der Waals surface area contributed by atoms with Gasteiger partial charge in [0.05, 0.1) is 5.69 Å². The van der Waals surface area contributed by atoms with E-state index < -0.39 is 0 Å². The van der Waals surface area contributed by atoms with Crippen LogP contribution in [0, 0.1) is 32.9 Å². The van der Waals surface area contributed by atoms with E-state index in [-0.39, 0.29) is 21.1 Å². The first-order valence-electron chi connectivity index (χ1n) is 16.3. The monoisotopic (exact) mass is 812 g/mol. The van der Waals surface area contributed by atoms with Crippen LogP contribution < -0.4 is 9.64 Å². The Bertz CT molecular complexity index is 2250. The minimum Gasteiger partial charge on any atom is -0.509 e. The van der Waals surface area contributed by atoms with Crippen molar-refractivity contribution in [2.24, 2.45) is 0 Å². The van der Waals surface area contributed by atoms with E-state index in [1.807, 2.05) is 41.2 Å². The molecule has 0 amide bonds. The van der Waals surface area contributed by atoms with E-state index in [0.717, 1.165) is 63.1 Å². The van der Waals surface area contributed by atoms with Crippen LogP contribution in [-0.4, -0.2) is 33.4 Å². The molecule has 0 N–H and O–H groups in total. The summed E-state index contributed by atoms with van der Waals surface area (Å²) >= 11 is 0. The second-order valence-electron chi connectivity index (χ2n) is 12.3. The molecule has 0 fully saturated rings. The van der Waals surface area contributed by atoms with E-state index in [1.165, 1.54) is 27.9 Å². The molecule has 3 heterocycles. The third kappa shape index (κ3) is 5.83. The predicted molar refractivity (Wildman–Crippen MR) is 193 cm³/mol. The number of nitrogens with zero attached hydrogens (tertiary/aromatic N) is 5. The van der Waals surface area contributed by atoms with Crippen molar-refractivity contribution in [2.45, 2.75) is 47.5 Å². The summed E-state index contributed by atoms with van der Waals surface area (Å²) < 4.78 is 10.6. The van der Waals surface area contributed by atoms with Crippen molar-refractivity contribution >= 4 is 27.5 Å². The minimum absolute atomic E-state index is 0. The Morgan fingerprint density at radius 3 is 2.21 bits per heavy atom. The van der Waals surface area contributed by atoms with Gasteiger partial charge in [0.25, 0.3) is 0 Å². The number of pyridine rings is 1. The normalized spacial score (nSPS) is 11.2. The van der Waals surface area contributed by atoms with Crippen LogP contribution in [0.15, 0.2) is 85.1 Å². The average molecular weight is 813 g/mol. The van der Waals surface area contributed by atoms with Crippen LogP contribution in [0.3, 0.4) is 0 Å². The molecule has 0 bridgehead atoms. The number of aromatic nitrogens is 4. The van der Waals surface area contributed by atoms with Crippen LogP contribution in [0.5, 0.6) is 11.5 Å². The molecule has 3 aromatic heterocycles. The summed E-state index contributed by atoms with van der Waals surface area (Å²) in [6.07, 6.45) is 3.74. The number of aryl methyl sites for hydroxylation is 4. The molecule has 0 aliphatic rings. The summed E-state index contributed by atoms with van der Waals surface area (Å²) in [6.45, 7) is 10.8. The average Bonchev–Trinajstić information content (AvgIpc) is 3.56. The van der Waals surface area contributed by atoms with Gasteiger partial charge in [-0.25, -0.2) is 4.98 Å². The van der Waals surface area contributed by atoms with E-state index in [0.29, 0.717) is 11.5 Å². The molecule has 7 heteroatoms. The zero-order valence-electron chi connectivity index (χ0n) is 28.5. The first kappa shape index (κ1) is 33.2. The van der Waals surface area contributed by atoms with Crippen molar-refractivity contribution in [2.75, 3.05) is 19.0 Å². The van der Waals surface area contributed by atoms with Crippen LogP contribution in [-0.2, 0) is 33.9 Å². The maximum absolute atomic E-state index is 6.44. The minimum atomic E-state index is 0. The Labute approximate surface area is 297 Å². The van der Waals surface area contributed by atoms with Gasteiger partial charge in [0, 0.05) is 54.3 Å². The summed E-state index contributed by atoms with van der Waals surface area (Å²) in [7, 11) is 4.20. The molecule has 0 aliphatic carbocycles. The second kappa shape index (κ2) is 13.4. The van der Waals surface area contributed by atoms with Crippen molar-refractivity contribution in [3.8, 4) is 34.1 Å². The Morgan fingerprint density at radius 2 is 1.50 bits per heavy atom. The Morgan fingerprint density at radius 1 is 0.771 bits per heavy atom. The maximum atomic E-state index is 6.44. The molecule has 0 spiro atoms. The fraction of sp³-hybridized carbons (Fsp3) is 0.220. The number of rotatable bonds is 8. The van der Waals surface area contributed by atoms with Gasteiger partial charge in [-0.15, -0.1) is 35.7 Å². The Balaban J connectivity index is 0.00000401. The largest absolute Gasteiger partial charge is 2.00 e. The topological polar surface area (TPSA) is 48.1 Å². The van der Waals surface area contributed by atoms with Gasteiger partial charge in [-0.2, -0.15) is 17.2 Å². The summed E-state index contributed by atoms with van der Waals surface area (Å²) in [6, 6.07) is 34.2. The number of hydrogen-bond acceptors (Lipinski definition) is 4.